The molecule has 0 radical (unpaired) electrons. The molecular formula is C18H25N5O3. The summed E-state index contributed by atoms with van der Waals surface area (Å²) in [6, 6.07) is 6.53. The zero-order valence-electron chi connectivity index (χ0n) is 15.5. The van der Waals surface area contributed by atoms with Crippen molar-refractivity contribution >= 4 is 17.5 Å². The van der Waals surface area contributed by atoms with E-state index in [0.29, 0.717) is 18.0 Å². The SMILES string of the molecule is CCN(CC(=O)Nc1cccc(OC)c1)C(=O)C(NC)c1cnn(C)c1. The van der Waals surface area contributed by atoms with Crippen molar-refractivity contribution in [2.75, 3.05) is 32.6 Å². The Balaban J connectivity index is 2.04. The third-order valence-electron chi connectivity index (χ3n) is 3.98. The van der Waals surface area contributed by atoms with Crippen LogP contribution in [0.5, 0.6) is 5.75 Å². The van der Waals surface area contributed by atoms with Gasteiger partial charge in [-0.3, -0.25) is 14.3 Å². The molecule has 8 heteroatoms. The summed E-state index contributed by atoms with van der Waals surface area (Å²) in [4.78, 5) is 26.7. The first-order valence-corrected chi connectivity index (χ1v) is 8.37. The number of aryl methyl sites for hydroxylation is 1. The van der Waals surface area contributed by atoms with E-state index in [-0.39, 0.29) is 18.4 Å². The molecule has 0 spiro atoms. The van der Waals surface area contributed by atoms with Gasteiger partial charge in [0.05, 0.1) is 19.9 Å². The number of carbonyl (C=O) groups is 2. The molecule has 140 valence electrons. The van der Waals surface area contributed by atoms with E-state index in [2.05, 4.69) is 15.7 Å². The summed E-state index contributed by atoms with van der Waals surface area (Å²) in [5.41, 5.74) is 1.38. The fraction of sp³-hybridized carbons (Fsp3) is 0.389. The average Bonchev–Trinajstić information content (AvgIpc) is 3.06. The lowest BCUT2D eigenvalue weighted by Gasteiger charge is -2.25. The van der Waals surface area contributed by atoms with E-state index in [1.54, 1.807) is 62.5 Å². The number of nitrogens with one attached hydrogen (secondary N) is 2. The maximum atomic E-state index is 12.8. The highest BCUT2D eigenvalue weighted by atomic mass is 16.5. The Kier molecular flexibility index (Phi) is 6.74. The number of carbonyl (C=O) groups excluding carboxylic acids is 2. The van der Waals surface area contributed by atoms with Gasteiger partial charge >= 0.3 is 0 Å². The lowest BCUT2D eigenvalue weighted by Crippen LogP contribution is -2.43. The number of hydrogen-bond donors (Lipinski definition) is 2. The molecule has 2 N–H and O–H groups in total. The van der Waals surface area contributed by atoms with Crippen LogP contribution in [0.3, 0.4) is 0 Å². The molecule has 0 fully saturated rings. The van der Waals surface area contributed by atoms with Crippen molar-refractivity contribution in [3.8, 4) is 5.75 Å². The number of rotatable bonds is 8. The zero-order chi connectivity index (χ0) is 19.1. The molecule has 2 rings (SSSR count). The predicted octanol–water partition coefficient (Wildman–Crippen LogP) is 1.18. The first kappa shape index (κ1) is 19.5. The minimum absolute atomic E-state index is 0.0367. The summed E-state index contributed by atoms with van der Waals surface area (Å²) in [6.07, 6.45) is 3.42. The lowest BCUT2D eigenvalue weighted by molar-refractivity contribution is -0.136. The van der Waals surface area contributed by atoms with Crippen LogP contribution in [0, 0.1) is 0 Å². The summed E-state index contributed by atoms with van der Waals surface area (Å²) in [5.74, 6) is 0.205. The Bertz CT molecular complexity index is 759. The molecule has 1 atom stereocenters. The van der Waals surface area contributed by atoms with Gasteiger partial charge < -0.3 is 20.3 Å². The summed E-state index contributed by atoms with van der Waals surface area (Å²) < 4.78 is 6.78. The van der Waals surface area contributed by atoms with Gasteiger partial charge in [0, 0.05) is 37.1 Å². The topological polar surface area (TPSA) is 88.5 Å². The van der Waals surface area contributed by atoms with E-state index < -0.39 is 6.04 Å². The van der Waals surface area contributed by atoms with Crippen LogP contribution in [0.1, 0.15) is 18.5 Å². The first-order valence-electron chi connectivity index (χ1n) is 8.37. The molecule has 0 saturated carbocycles. The Hall–Kier alpha value is -2.87. The molecular weight excluding hydrogens is 334 g/mol. The Morgan fingerprint density at radius 1 is 1.38 bits per heavy atom. The number of hydrogen-bond acceptors (Lipinski definition) is 5. The Morgan fingerprint density at radius 3 is 2.73 bits per heavy atom. The van der Waals surface area contributed by atoms with E-state index in [9.17, 15) is 9.59 Å². The van der Waals surface area contributed by atoms with Crippen LogP contribution in [0.4, 0.5) is 5.69 Å². The number of anilines is 1. The first-order chi connectivity index (χ1) is 12.5. The number of aromatic nitrogens is 2. The maximum absolute atomic E-state index is 12.8. The number of benzene rings is 1. The molecule has 0 aliphatic heterocycles. The van der Waals surface area contributed by atoms with Crippen LogP contribution in [0.25, 0.3) is 0 Å². The largest absolute Gasteiger partial charge is 0.497 e. The van der Waals surface area contributed by atoms with Crippen LogP contribution in [0.2, 0.25) is 0 Å². The summed E-state index contributed by atoms with van der Waals surface area (Å²) in [7, 11) is 5.06. The lowest BCUT2D eigenvalue weighted by atomic mass is 10.1. The molecule has 0 saturated heterocycles. The van der Waals surface area contributed by atoms with Crippen LogP contribution >= 0.6 is 0 Å². The number of ether oxygens (including phenoxy) is 1. The zero-order valence-corrected chi connectivity index (χ0v) is 15.5. The van der Waals surface area contributed by atoms with Gasteiger partial charge in [-0.25, -0.2) is 0 Å². The average molecular weight is 359 g/mol. The normalized spacial score (nSPS) is 11.7. The molecule has 0 aliphatic rings. The van der Waals surface area contributed by atoms with Crippen LogP contribution in [-0.2, 0) is 16.6 Å². The third kappa shape index (κ3) is 4.82. The van der Waals surface area contributed by atoms with Crippen LogP contribution < -0.4 is 15.4 Å². The van der Waals surface area contributed by atoms with Gasteiger partial charge in [0.1, 0.15) is 11.8 Å². The summed E-state index contributed by atoms with van der Waals surface area (Å²) in [6.45, 7) is 2.22. The molecule has 1 heterocycles. The van der Waals surface area contributed by atoms with E-state index in [1.807, 2.05) is 6.92 Å². The monoisotopic (exact) mass is 359 g/mol. The number of methoxy groups -OCH3 is 1. The number of amides is 2. The van der Waals surface area contributed by atoms with E-state index >= 15 is 0 Å². The molecule has 2 amide bonds. The van der Waals surface area contributed by atoms with Gasteiger partial charge in [-0.15, -0.1) is 0 Å². The van der Waals surface area contributed by atoms with E-state index in [4.69, 9.17) is 4.74 Å². The fourth-order valence-corrected chi connectivity index (χ4v) is 2.62. The minimum atomic E-state index is -0.548. The highest BCUT2D eigenvalue weighted by Crippen LogP contribution is 2.17. The van der Waals surface area contributed by atoms with Gasteiger partial charge in [-0.05, 0) is 26.1 Å². The molecule has 2 aromatic rings. The Morgan fingerprint density at radius 2 is 2.15 bits per heavy atom. The number of likely N-dealkylation sites (N-methyl/N-ethyl adjacent to an activating group) is 2. The van der Waals surface area contributed by atoms with Crippen molar-refractivity contribution in [1.29, 1.82) is 0 Å². The smallest absolute Gasteiger partial charge is 0.244 e. The van der Waals surface area contributed by atoms with Crippen molar-refractivity contribution in [3.63, 3.8) is 0 Å². The highest BCUT2D eigenvalue weighted by Gasteiger charge is 2.26. The maximum Gasteiger partial charge on any atom is 0.244 e. The van der Waals surface area contributed by atoms with Crippen molar-refractivity contribution in [2.24, 2.45) is 7.05 Å². The third-order valence-corrected chi connectivity index (χ3v) is 3.98. The van der Waals surface area contributed by atoms with Gasteiger partial charge in [0.25, 0.3) is 0 Å². The molecule has 1 aromatic heterocycles. The molecule has 1 unspecified atom stereocenters. The highest BCUT2D eigenvalue weighted by molar-refractivity contribution is 5.95. The van der Waals surface area contributed by atoms with Gasteiger partial charge in [0.15, 0.2) is 0 Å². The minimum Gasteiger partial charge on any atom is -0.497 e. The second-order valence-electron chi connectivity index (χ2n) is 5.80. The number of nitrogens with zero attached hydrogens (tertiary/aromatic N) is 3. The fourth-order valence-electron chi connectivity index (χ4n) is 2.62. The van der Waals surface area contributed by atoms with Crippen molar-refractivity contribution < 1.29 is 14.3 Å². The van der Waals surface area contributed by atoms with Gasteiger partial charge in [-0.2, -0.15) is 5.10 Å². The second kappa shape index (κ2) is 9.00. The summed E-state index contributed by atoms with van der Waals surface area (Å²) >= 11 is 0. The standard InChI is InChI=1S/C18H25N5O3/c1-5-23(18(25)17(19-2)13-10-20-22(3)11-13)12-16(24)21-14-7-6-8-15(9-14)26-4/h6-11,17,19H,5,12H2,1-4H3,(H,21,24). The molecule has 1 aromatic carbocycles. The van der Waals surface area contributed by atoms with E-state index in [1.165, 1.54) is 4.90 Å². The quantitative estimate of drug-likeness (QED) is 0.739. The summed E-state index contributed by atoms with van der Waals surface area (Å²) in [5, 5.41) is 9.88. The second-order valence-corrected chi connectivity index (χ2v) is 5.80. The van der Waals surface area contributed by atoms with Crippen molar-refractivity contribution in [3.05, 3.63) is 42.2 Å². The van der Waals surface area contributed by atoms with Crippen LogP contribution in [0.15, 0.2) is 36.7 Å². The molecule has 26 heavy (non-hydrogen) atoms. The van der Waals surface area contributed by atoms with Crippen molar-refractivity contribution in [2.45, 2.75) is 13.0 Å². The Labute approximate surface area is 153 Å². The molecule has 0 bridgehead atoms. The predicted molar refractivity (Wildman–Crippen MR) is 98.9 cm³/mol. The van der Waals surface area contributed by atoms with Gasteiger partial charge in [0.2, 0.25) is 11.8 Å². The van der Waals surface area contributed by atoms with Crippen LogP contribution in [-0.4, -0.2) is 53.7 Å². The van der Waals surface area contributed by atoms with Crippen molar-refractivity contribution in [1.82, 2.24) is 20.0 Å². The van der Waals surface area contributed by atoms with Gasteiger partial charge in [-0.1, -0.05) is 6.07 Å². The van der Waals surface area contributed by atoms with E-state index in [0.717, 1.165) is 5.56 Å². The molecule has 0 aliphatic carbocycles. The molecule has 8 nitrogen and oxygen atoms in total.